The standard InChI is InChI=1S/C3H7Cl2O3P/c4-2-1-3(5)9(6,7)8/h3H,1-2H2,(H2,6,7,8). The molecule has 0 aromatic carbocycles. The Morgan fingerprint density at radius 2 is 2.00 bits per heavy atom. The topological polar surface area (TPSA) is 57.5 Å². The normalized spacial score (nSPS) is 15.6. The zero-order valence-corrected chi connectivity index (χ0v) is 6.90. The van der Waals surface area contributed by atoms with E-state index < -0.39 is 12.7 Å². The van der Waals surface area contributed by atoms with Crippen molar-refractivity contribution in [1.29, 1.82) is 0 Å². The molecule has 9 heavy (non-hydrogen) atoms. The van der Waals surface area contributed by atoms with Gasteiger partial charge in [0.2, 0.25) is 0 Å². The van der Waals surface area contributed by atoms with E-state index in [1.54, 1.807) is 0 Å². The Morgan fingerprint density at radius 3 is 2.11 bits per heavy atom. The Kier molecular flexibility index (Phi) is 4.10. The maximum atomic E-state index is 10.2. The van der Waals surface area contributed by atoms with Crippen molar-refractivity contribution in [3.8, 4) is 0 Å². The third-order valence-corrected chi connectivity index (χ3v) is 2.90. The van der Waals surface area contributed by atoms with E-state index in [0.717, 1.165) is 0 Å². The summed E-state index contributed by atoms with van der Waals surface area (Å²) in [5.74, 6) is 0.166. The molecular weight excluding hydrogens is 186 g/mol. The van der Waals surface area contributed by atoms with Crippen LogP contribution in [0.5, 0.6) is 0 Å². The predicted molar refractivity (Wildman–Crippen MR) is 37.0 cm³/mol. The van der Waals surface area contributed by atoms with Crippen LogP contribution in [-0.4, -0.2) is 20.8 Å². The van der Waals surface area contributed by atoms with Gasteiger partial charge in [0.1, 0.15) is 5.12 Å². The highest BCUT2D eigenvalue weighted by atomic mass is 35.5. The molecule has 0 aliphatic rings. The van der Waals surface area contributed by atoms with Crippen LogP contribution in [-0.2, 0) is 4.57 Å². The summed E-state index contributed by atoms with van der Waals surface area (Å²) in [5.41, 5.74) is 0. The lowest BCUT2D eigenvalue weighted by molar-refractivity contribution is 0.368. The molecule has 0 heterocycles. The first-order valence-electron chi connectivity index (χ1n) is 2.23. The number of hydrogen-bond donors (Lipinski definition) is 2. The van der Waals surface area contributed by atoms with Crippen LogP contribution >= 0.6 is 30.8 Å². The minimum atomic E-state index is -4.09. The van der Waals surface area contributed by atoms with Gasteiger partial charge >= 0.3 is 7.60 Å². The van der Waals surface area contributed by atoms with Gasteiger partial charge in [-0.05, 0) is 6.42 Å². The average Bonchev–Trinajstić information content (AvgIpc) is 1.64. The molecule has 0 rings (SSSR count). The van der Waals surface area contributed by atoms with Gasteiger partial charge in [0.25, 0.3) is 0 Å². The number of halogens is 2. The van der Waals surface area contributed by atoms with E-state index in [1.807, 2.05) is 0 Å². The van der Waals surface area contributed by atoms with Crippen molar-refractivity contribution in [3.05, 3.63) is 0 Å². The van der Waals surface area contributed by atoms with Crippen molar-refractivity contribution >= 4 is 30.8 Å². The molecular formula is C3H7Cl2O3P. The molecule has 2 N–H and O–H groups in total. The maximum absolute atomic E-state index is 10.2. The zero-order valence-electron chi connectivity index (χ0n) is 4.50. The van der Waals surface area contributed by atoms with Crippen molar-refractivity contribution in [1.82, 2.24) is 0 Å². The van der Waals surface area contributed by atoms with E-state index in [0.29, 0.717) is 0 Å². The molecule has 3 nitrogen and oxygen atoms in total. The van der Waals surface area contributed by atoms with Gasteiger partial charge in [-0.2, -0.15) is 0 Å². The Labute approximate surface area is 63.1 Å². The Balaban J connectivity index is 3.74. The molecule has 0 amide bonds. The zero-order chi connectivity index (χ0) is 7.49. The molecule has 0 saturated carbocycles. The van der Waals surface area contributed by atoms with Crippen molar-refractivity contribution in [3.63, 3.8) is 0 Å². The Bertz CT molecular complexity index is 122. The number of alkyl halides is 2. The van der Waals surface area contributed by atoms with Gasteiger partial charge < -0.3 is 9.79 Å². The van der Waals surface area contributed by atoms with Crippen LogP contribution in [0.3, 0.4) is 0 Å². The van der Waals surface area contributed by atoms with Crippen LogP contribution in [0, 0.1) is 0 Å². The minimum Gasteiger partial charge on any atom is -0.323 e. The van der Waals surface area contributed by atoms with Gasteiger partial charge in [0.15, 0.2) is 0 Å². The molecule has 0 fully saturated rings. The summed E-state index contributed by atoms with van der Waals surface area (Å²) < 4.78 is 10.2. The first kappa shape index (κ1) is 9.73. The lowest BCUT2D eigenvalue weighted by atomic mass is 10.6. The third kappa shape index (κ3) is 4.18. The average molecular weight is 193 g/mol. The lowest BCUT2D eigenvalue weighted by Crippen LogP contribution is -1.99. The molecule has 0 radical (unpaired) electrons. The van der Waals surface area contributed by atoms with Crippen molar-refractivity contribution < 1.29 is 14.4 Å². The van der Waals surface area contributed by atoms with E-state index in [1.165, 1.54) is 0 Å². The van der Waals surface area contributed by atoms with Gasteiger partial charge in [0, 0.05) is 5.88 Å². The van der Waals surface area contributed by atoms with Crippen molar-refractivity contribution in [2.45, 2.75) is 11.5 Å². The number of hydrogen-bond acceptors (Lipinski definition) is 1. The molecule has 56 valence electrons. The second-order valence-electron chi connectivity index (χ2n) is 1.50. The number of rotatable bonds is 3. The summed E-state index contributed by atoms with van der Waals surface area (Å²) in [6.07, 6.45) is 0.132. The highest BCUT2D eigenvalue weighted by Crippen LogP contribution is 2.45. The van der Waals surface area contributed by atoms with Crippen LogP contribution in [0.1, 0.15) is 6.42 Å². The quantitative estimate of drug-likeness (QED) is 0.525. The Hall–Kier alpha value is 0.730. The highest BCUT2D eigenvalue weighted by Gasteiger charge is 2.24. The fourth-order valence-corrected chi connectivity index (χ4v) is 1.31. The van der Waals surface area contributed by atoms with E-state index in [4.69, 9.17) is 33.0 Å². The summed E-state index contributed by atoms with van der Waals surface area (Å²) in [6, 6.07) is 0. The Morgan fingerprint density at radius 1 is 1.56 bits per heavy atom. The monoisotopic (exact) mass is 192 g/mol. The second-order valence-corrected chi connectivity index (χ2v) is 4.51. The van der Waals surface area contributed by atoms with Crippen LogP contribution < -0.4 is 0 Å². The van der Waals surface area contributed by atoms with Gasteiger partial charge in [0.05, 0.1) is 0 Å². The van der Waals surface area contributed by atoms with Gasteiger partial charge in [-0.1, -0.05) is 0 Å². The smallest absolute Gasteiger partial charge is 0.323 e. The largest absolute Gasteiger partial charge is 0.343 e. The molecule has 0 aliphatic heterocycles. The lowest BCUT2D eigenvalue weighted by Gasteiger charge is -2.07. The molecule has 0 aromatic heterocycles. The van der Waals surface area contributed by atoms with Crippen molar-refractivity contribution in [2.24, 2.45) is 0 Å². The van der Waals surface area contributed by atoms with Gasteiger partial charge in [-0.3, -0.25) is 4.57 Å². The maximum Gasteiger partial charge on any atom is 0.343 e. The van der Waals surface area contributed by atoms with Gasteiger partial charge in [-0.25, -0.2) is 0 Å². The second kappa shape index (κ2) is 3.79. The molecule has 0 saturated heterocycles. The molecule has 0 bridgehead atoms. The van der Waals surface area contributed by atoms with Crippen LogP contribution in [0.2, 0.25) is 0 Å². The molecule has 0 aliphatic carbocycles. The minimum absolute atomic E-state index is 0.132. The van der Waals surface area contributed by atoms with Crippen LogP contribution in [0.15, 0.2) is 0 Å². The summed E-state index contributed by atoms with van der Waals surface area (Å²) in [6.45, 7) is 0. The third-order valence-electron chi connectivity index (χ3n) is 0.712. The summed E-state index contributed by atoms with van der Waals surface area (Å²) in [7, 11) is -4.09. The molecule has 1 atom stereocenters. The predicted octanol–water partition coefficient (Wildman–Crippen LogP) is 1.36. The van der Waals surface area contributed by atoms with Crippen LogP contribution in [0.25, 0.3) is 0 Å². The summed E-state index contributed by atoms with van der Waals surface area (Å²) in [5, 5.41) is -1.13. The molecule has 0 aromatic rings. The molecule has 6 heteroatoms. The summed E-state index contributed by atoms with van der Waals surface area (Å²) >= 11 is 10.4. The van der Waals surface area contributed by atoms with E-state index in [9.17, 15) is 4.57 Å². The van der Waals surface area contributed by atoms with E-state index >= 15 is 0 Å². The first-order chi connectivity index (χ1) is 3.98. The SMILES string of the molecule is O=P(O)(O)C(Cl)CCCl. The fraction of sp³-hybridized carbons (Fsp3) is 1.00. The molecule has 1 unspecified atom stereocenters. The van der Waals surface area contributed by atoms with Gasteiger partial charge in [-0.15, -0.1) is 23.2 Å². The molecule has 0 spiro atoms. The van der Waals surface area contributed by atoms with E-state index in [2.05, 4.69) is 0 Å². The highest BCUT2D eigenvalue weighted by molar-refractivity contribution is 7.54. The van der Waals surface area contributed by atoms with Crippen molar-refractivity contribution in [2.75, 3.05) is 5.88 Å². The fourth-order valence-electron chi connectivity index (χ4n) is 0.258. The van der Waals surface area contributed by atoms with Crippen LogP contribution in [0.4, 0.5) is 0 Å². The van der Waals surface area contributed by atoms with E-state index in [-0.39, 0.29) is 12.3 Å². The first-order valence-corrected chi connectivity index (χ1v) is 4.89. The summed E-state index contributed by atoms with van der Waals surface area (Å²) in [4.78, 5) is 16.7.